The third kappa shape index (κ3) is 3.64. The molecule has 1 aliphatic rings. The number of rotatable bonds is 3. The maximum Gasteiger partial charge on any atom is 0.412 e. The number of anilines is 1. The van der Waals surface area contributed by atoms with E-state index in [9.17, 15) is 19.8 Å². The smallest absolute Gasteiger partial charge is 0.412 e. The van der Waals surface area contributed by atoms with Crippen LogP contribution in [0.3, 0.4) is 0 Å². The zero-order valence-electron chi connectivity index (χ0n) is 13.8. The van der Waals surface area contributed by atoms with Crippen LogP contribution in [0, 0.1) is 6.92 Å². The highest BCUT2D eigenvalue weighted by molar-refractivity contribution is 5.88. The molecule has 0 unspecified atom stereocenters. The fraction of sp³-hybridized carbons (Fsp3) is 0.529. The van der Waals surface area contributed by atoms with Crippen LogP contribution in [0.5, 0.6) is 0 Å². The Balaban J connectivity index is 2.26. The van der Waals surface area contributed by atoms with E-state index in [2.05, 4.69) is 5.32 Å². The highest BCUT2D eigenvalue weighted by Crippen LogP contribution is 2.45. The molecule has 0 radical (unpaired) electrons. The lowest BCUT2D eigenvalue weighted by Gasteiger charge is -2.42. The molecule has 0 saturated heterocycles. The second-order valence-corrected chi connectivity index (χ2v) is 7.11. The Bertz CT molecular complexity index is 626. The standard InChI is InChI=1S/C17H23NO5/c1-10-5-6-11(17(14(20)21)8-12(19)9-17)7-13(10)18-15(22)23-16(2,3)4/h5-7,12,19H,8-9H2,1-4H3,(H,18,22)(H,20,21). The molecule has 1 aliphatic carbocycles. The van der Waals surface area contributed by atoms with Gasteiger partial charge in [0.2, 0.25) is 0 Å². The first-order valence-electron chi connectivity index (χ1n) is 7.56. The van der Waals surface area contributed by atoms with E-state index < -0.39 is 29.2 Å². The summed E-state index contributed by atoms with van der Waals surface area (Å²) in [5.41, 5.74) is 0.193. The van der Waals surface area contributed by atoms with Gasteiger partial charge in [0, 0.05) is 5.69 Å². The third-order valence-corrected chi connectivity index (χ3v) is 4.00. The van der Waals surface area contributed by atoms with Crippen LogP contribution in [-0.2, 0) is 14.9 Å². The summed E-state index contributed by atoms with van der Waals surface area (Å²) in [4.78, 5) is 23.6. The fourth-order valence-electron chi connectivity index (χ4n) is 2.75. The lowest BCUT2D eigenvalue weighted by molar-refractivity contribution is -0.152. The van der Waals surface area contributed by atoms with Gasteiger partial charge in [-0.2, -0.15) is 0 Å². The number of carbonyl (C=O) groups is 2. The molecule has 0 spiro atoms. The molecule has 6 heteroatoms. The summed E-state index contributed by atoms with van der Waals surface area (Å²) in [6, 6.07) is 5.15. The number of aliphatic hydroxyl groups is 1. The van der Waals surface area contributed by atoms with Gasteiger partial charge in [0.15, 0.2) is 0 Å². The summed E-state index contributed by atoms with van der Waals surface area (Å²) in [7, 11) is 0. The minimum Gasteiger partial charge on any atom is -0.481 e. The quantitative estimate of drug-likeness (QED) is 0.795. The maximum atomic E-state index is 11.9. The van der Waals surface area contributed by atoms with Crippen molar-refractivity contribution in [3.8, 4) is 0 Å². The minimum atomic E-state index is -1.09. The van der Waals surface area contributed by atoms with Gasteiger partial charge in [0.1, 0.15) is 5.60 Å². The summed E-state index contributed by atoms with van der Waals surface area (Å²) in [6.07, 6.45) is -0.834. The summed E-state index contributed by atoms with van der Waals surface area (Å²) in [5, 5.41) is 21.7. The lowest BCUT2D eigenvalue weighted by atomic mass is 9.62. The van der Waals surface area contributed by atoms with Crippen molar-refractivity contribution in [3.63, 3.8) is 0 Å². The molecule has 1 amide bonds. The van der Waals surface area contributed by atoms with Crippen LogP contribution in [0.25, 0.3) is 0 Å². The average molecular weight is 321 g/mol. The molecule has 0 bridgehead atoms. The number of carbonyl (C=O) groups excluding carboxylic acids is 1. The molecule has 1 fully saturated rings. The Kier molecular flexibility index (Phi) is 4.39. The van der Waals surface area contributed by atoms with E-state index in [0.29, 0.717) is 11.3 Å². The minimum absolute atomic E-state index is 0.178. The molecule has 1 aromatic rings. The van der Waals surface area contributed by atoms with Gasteiger partial charge in [-0.15, -0.1) is 0 Å². The van der Waals surface area contributed by atoms with Crippen molar-refractivity contribution in [1.29, 1.82) is 0 Å². The van der Waals surface area contributed by atoms with Gasteiger partial charge in [0.25, 0.3) is 0 Å². The van der Waals surface area contributed by atoms with Crippen LogP contribution in [0.2, 0.25) is 0 Å². The van der Waals surface area contributed by atoms with E-state index in [1.807, 2.05) is 6.92 Å². The molecule has 3 N–H and O–H groups in total. The highest BCUT2D eigenvalue weighted by atomic mass is 16.6. The van der Waals surface area contributed by atoms with E-state index in [1.54, 1.807) is 39.0 Å². The number of benzene rings is 1. The second-order valence-electron chi connectivity index (χ2n) is 7.11. The predicted molar refractivity (Wildman–Crippen MR) is 85.6 cm³/mol. The van der Waals surface area contributed by atoms with E-state index in [1.165, 1.54) is 0 Å². The van der Waals surface area contributed by atoms with Gasteiger partial charge >= 0.3 is 12.1 Å². The number of hydrogen-bond acceptors (Lipinski definition) is 4. The molecule has 0 atom stereocenters. The van der Waals surface area contributed by atoms with Crippen molar-refractivity contribution in [2.75, 3.05) is 5.32 Å². The van der Waals surface area contributed by atoms with Gasteiger partial charge < -0.3 is 14.9 Å². The monoisotopic (exact) mass is 321 g/mol. The molecule has 1 aromatic carbocycles. The first kappa shape index (κ1) is 17.3. The van der Waals surface area contributed by atoms with E-state index in [0.717, 1.165) is 5.56 Å². The number of amides is 1. The first-order chi connectivity index (χ1) is 10.5. The van der Waals surface area contributed by atoms with Crippen molar-refractivity contribution in [1.82, 2.24) is 0 Å². The zero-order chi connectivity index (χ0) is 17.4. The topological polar surface area (TPSA) is 95.9 Å². The Labute approximate surface area is 135 Å². The number of aliphatic hydroxyl groups excluding tert-OH is 1. The molecule has 126 valence electrons. The number of carboxylic acids is 1. The second kappa shape index (κ2) is 5.85. The van der Waals surface area contributed by atoms with E-state index in [-0.39, 0.29) is 12.8 Å². The molecule has 6 nitrogen and oxygen atoms in total. The van der Waals surface area contributed by atoms with Crippen LogP contribution < -0.4 is 5.32 Å². The Hall–Kier alpha value is -2.08. The fourth-order valence-corrected chi connectivity index (χ4v) is 2.75. The van der Waals surface area contributed by atoms with Crippen molar-refractivity contribution in [2.24, 2.45) is 0 Å². The van der Waals surface area contributed by atoms with Crippen LogP contribution in [-0.4, -0.2) is 34.0 Å². The Morgan fingerprint density at radius 3 is 2.39 bits per heavy atom. The van der Waals surface area contributed by atoms with E-state index in [4.69, 9.17) is 4.74 Å². The number of nitrogens with one attached hydrogen (secondary N) is 1. The first-order valence-corrected chi connectivity index (χ1v) is 7.56. The predicted octanol–water partition coefficient (Wildman–Crippen LogP) is 2.82. The molecular formula is C17H23NO5. The summed E-state index contributed by atoms with van der Waals surface area (Å²) < 4.78 is 5.22. The van der Waals surface area contributed by atoms with Crippen LogP contribution >= 0.6 is 0 Å². The molecule has 0 aromatic heterocycles. The molecule has 1 saturated carbocycles. The molecule has 0 heterocycles. The van der Waals surface area contributed by atoms with E-state index >= 15 is 0 Å². The number of aryl methyl sites for hydroxylation is 1. The van der Waals surface area contributed by atoms with Crippen LogP contribution in [0.1, 0.15) is 44.7 Å². The zero-order valence-corrected chi connectivity index (χ0v) is 13.8. The van der Waals surface area contributed by atoms with Gasteiger partial charge in [-0.05, 0) is 57.7 Å². The highest BCUT2D eigenvalue weighted by Gasteiger charge is 2.51. The van der Waals surface area contributed by atoms with Gasteiger partial charge in [-0.25, -0.2) is 4.79 Å². The van der Waals surface area contributed by atoms with Crippen molar-refractivity contribution in [3.05, 3.63) is 29.3 Å². The van der Waals surface area contributed by atoms with Crippen molar-refractivity contribution < 1.29 is 24.5 Å². The third-order valence-electron chi connectivity index (χ3n) is 4.00. The lowest BCUT2D eigenvalue weighted by Crippen LogP contribution is -2.50. The number of ether oxygens (including phenoxy) is 1. The SMILES string of the molecule is Cc1ccc(C2(C(=O)O)CC(O)C2)cc1NC(=O)OC(C)(C)C. The van der Waals surface area contributed by atoms with Crippen molar-refractivity contribution in [2.45, 2.75) is 57.7 Å². The molecular weight excluding hydrogens is 298 g/mol. The van der Waals surface area contributed by atoms with Crippen LogP contribution in [0.15, 0.2) is 18.2 Å². The van der Waals surface area contributed by atoms with Gasteiger partial charge in [-0.1, -0.05) is 12.1 Å². The number of aliphatic carboxylic acids is 1. The Morgan fingerprint density at radius 2 is 1.91 bits per heavy atom. The van der Waals surface area contributed by atoms with Crippen LogP contribution in [0.4, 0.5) is 10.5 Å². The van der Waals surface area contributed by atoms with Gasteiger partial charge in [0.05, 0.1) is 11.5 Å². The largest absolute Gasteiger partial charge is 0.481 e. The summed E-state index contributed by atoms with van der Waals surface area (Å²) in [6.45, 7) is 7.13. The molecule has 0 aliphatic heterocycles. The summed E-state index contributed by atoms with van der Waals surface area (Å²) in [5.74, 6) is -0.963. The summed E-state index contributed by atoms with van der Waals surface area (Å²) >= 11 is 0. The maximum absolute atomic E-state index is 11.9. The Morgan fingerprint density at radius 1 is 1.30 bits per heavy atom. The molecule has 2 rings (SSSR count). The van der Waals surface area contributed by atoms with Gasteiger partial charge in [-0.3, -0.25) is 10.1 Å². The van der Waals surface area contributed by atoms with Crippen molar-refractivity contribution >= 4 is 17.7 Å². The number of carboxylic acid groups (broad SMARTS) is 1. The normalized spacial score (nSPS) is 23.8. The molecule has 23 heavy (non-hydrogen) atoms. The average Bonchev–Trinajstić information content (AvgIpc) is 2.35. The number of hydrogen-bond donors (Lipinski definition) is 3.